The maximum Gasteiger partial charge on any atom is 0.242 e. The Morgan fingerprint density at radius 3 is 2.35 bits per heavy atom. The summed E-state index contributed by atoms with van der Waals surface area (Å²) in [5.74, 6) is 2.35. The van der Waals surface area contributed by atoms with Gasteiger partial charge in [0.25, 0.3) is 0 Å². The van der Waals surface area contributed by atoms with E-state index in [1.54, 1.807) is 4.90 Å². The van der Waals surface area contributed by atoms with E-state index in [1.807, 2.05) is 42.2 Å². The van der Waals surface area contributed by atoms with Crippen molar-refractivity contribution < 1.29 is 14.0 Å². The van der Waals surface area contributed by atoms with Gasteiger partial charge in [-0.3, -0.25) is 9.59 Å². The predicted octanol–water partition coefficient (Wildman–Crippen LogP) is 4.83. The van der Waals surface area contributed by atoms with E-state index in [0.29, 0.717) is 25.6 Å². The molecule has 0 aliphatic heterocycles. The number of benzene rings is 1. The Bertz CT molecular complexity index is 839. The first kappa shape index (κ1) is 23.1. The number of amides is 2. The first-order valence-electron chi connectivity index (χ1n) is 11.6. The molecule has 0 bridgehead atoms. The molecule has 0 spiro atoms. The molecule has 2 amide bonds. The van der Waals surface area contributed by atoms with Crippen molar-refractivity contribution in [2.75, 3.05) is 19.6 Å². The van der Waals surface area contributed by atoms with Crippen molar-refractivity contribution in [1.29, 1.82) is 0 Å². The van der Waals surface area contributed by atoms with E-state index in [2.05, 4.69) is 26.0 Å². The van der Waals surface area contributed by atoms with Crippen molar-refractivity contribution in [2.24, 2.45) is 11.8 Å². The summed E-state index contributed by atoms with van der Waals surface area (Å²) in [6.45, 7) is 8.03. The van der Waals surface area contributed by atoms with Gasteiger partial charge in [0.1, 0.15) is 11.5 Å². The molecule has 5 heteroatoms. The second-order valence-electron chi connectivity index (χ2n) is 9.13. The van der Waals surface area contributed by atoms with Crippen LogP contribution in [0.5, 0.6) is 0 Å². The van der Waals surface area contributed by atoms with E-state index >= 15 is 0 Å². The number of rotatable bonds is 11. The first-order valence-corrected chi connectivity index (χ1v) is 11.6. The molecule has 1 saturated carbocycles. The molecule has 0 atom stereocenters. The molecule has 31 heavy (non-hydrogen) atoms. The normalized spacial score (nSPS) is 13.8. The quantitative estimate of drug-likeness (QED) is 0.519. The fraction of sp³-hybridized carbons (Fsp3) is 0.538. The summed E-state index contributed by atoms with van der Waals surface area (Å²) in [6.07, 6.45) is 4.70. The Hall–Kier alpha value is -2.56. The molecule has 0 saturated heterocycles. The topological polar surface area (TPSA) is 53.8 Å². The average Bonchev–Trinajstić information content (AvgIpc) is 3.12. The van der Waals surface area contributed by atoms with Gasteiger partial charge in [-0.1, -0.05) is 50.6 Å². The summed E-state index contributed by atoms with van der Waals surface area (Å²) >= 11 is 0. The predicted molar refractivity (Wildman–Crippen MR) is 122 cm³/mol. The maximum absolute atomic E-state index is 13.4. The summed E-state index contributed by atoms with van der Waals surface area (Å²) in [5.41, 5.74) is 1.19. The van der Waals surface area contributed by atoms with Crippen molar-refractivity contribution in [3.63, 3.8) is 0 Å². The summed E-state index contributed by atoms with van der Waals surface area (Å²) in [6, 6.07) is 14.0. The summed E-state index contributed by atoms with van der Waals surface area (Å²) in [5, 5.41) is 0. The minimum absolute atomic E-state index is 0.0126. The zero-order valence-corrected chi connectivity index (χ0v) is 19.2. The van der Waals surface area contributed by atoms with E-state index in [0.717, 1.165) is 43.6 Å². The minimum Gasteiger partial charge on any atom is -0.464 e. The molecule has 5 nitrogen and oxygen atoms in total. The van der Waals surface area contributed by atoms with Crippen LogP contribution >= 0.6 is 0 Å². The molecule has 1 aliphatic carbocycles. The maximum atomic E-state index is 13.4. The smallest absolute Gasteiger partial charge is 0.242 e. The molecule has 1 aliphatic rings. The van der Waals surface area contributed by atoms with Gasteiger partial charge in [-0.15, -0.1) is 0 Å². The van der Waals surface area contributed by atoms with Gasteiger partial charge in [0, 0.05) is 19.0 Å². The van der Waals surface area contributed by atoms with Gasteiger partial charge < -0.3 is 14.2 Å². The first-order chi connectivity index (χ1) is 14.9. The minimum atomic E-state index is -0.0126. The number of hydrogen-bond donors (Lipinski definition) is 0. The third-order valence-corrected chi connectivity index (χ3v) is 6.08. The van der Waals surface area contributed by atoms with E-state index < -0.39 is 0 Å². The number of aryl methyl sites for hydroxylation is 1. The van der Waals surface area contributed by atoms with Crippen LogP contribution in [0.3, 0.4) is 0 Å². The van der Waals surface area contributed by atoms with Crippen molar-refractivity contribution in [3.8, 4) is 0 Å². The highest BCUT2D eigenvalue weighted by atomic mass is 16.3. The Labute approximate surface area is 186 Å². The molecule has 3 rings (SSSR count). The number of nitrogens with zero attached hydrogens (tertiary/aromatic N) is 2. The highest BCUT2D eigenvalue weighted by Crippen LogP contribution is 2.28. The molecule has 2 aromatic rings. The van der Waals surface area contributed by atoms with Gasteiger partial charge >= 0.3 is 0 Å². The van der Waals surface area contributed by atoms with Crippen LogP contribution in [-0.2, 0) is 22.6 Å². The van der Waals surface area contributed by atoms with Gasteiger partial charge in [-0.25, -0.2) is 0 Å². The Morgan fingerprint density at radius 1 is 1.03 bits per heavy atom. The molecule has 1 fully saturated rings. The molecule has 168 valence electrons. The SMILES string of the molecule is Cc1ccc(CN(CCc2ccccc2)C(=O)CN(CCC(C)C)C(=O)C2CCC2)o1. The lowest BCUT2D eigenvalue weighted by Crippen LogP contribution is -2.46. The van der Waals surface area contributed by atoms with Crippen LogP contribution in [0, 0.1) is 18.8 Å². The zero-order valence-electron chi connectivity index (χ0n) is 19.2. The van der Waals surface area contributed by atoms with Crippen LogP contribution in [0.2, 0.25) is 0 Å². The van der Waals surface area contributed by atoms with Crippen LogP contribution in [0.4, 0.5) is 0 Å². The highest BCUT2D eigenvalue weighted by molar-refractivity contribution is 5.86. The second kappa shape index (κ2) is 11.2. The van der Waals surface area contributed by atoms with Gasteiger partial charge in [0.2, 0.25) is 11.8 Å². The number of furan rings is 1. The second-order valence-corrected chi connectivity index (χ2v) is 9.13. The molecular weight excluding hydrogens is 388 g/mol. The molecule has 1 aromatic heterocycles. The third-order valence-electron chi connectivity index (χ3n) is 6.08. The third kappa shape index (κ3) is 6.98. The fourth-order valence-corrected chi connectivity index (χ4v) is 3.82. The van der Waals surface area contributed by atoms with Crippen LogP contribution < -0.4 is 0 Å². The Kier molecular flexibility index (Phi) is 8.33. The lowest BCUT2D eigenvalue weighted by molar-refractivity contribution is -0.145. The van der Waals surface area contributed by atoms with E-state index in [4.69, 9.17) is 4.42 Å². The Morgan fingerprint density at radius 2 is 1.77 bits per heavy atom. The lowest BCUT2D eigenvalue weighted by atomic mass is 9.84. The van der Waals surface area contributed by atoms with Crippen LogP contribution in [-0.4, -0.2) is 41.2 Å². The molecule has 0 radical (unpaired) electrons. The van der Waals surface area contributed by atoms with Crippen LogP contribution in [0.1, 0.15) is 56.6 Å². The van der Waals surface area contributed by atoms with Gasteiger partial charge in [-0.05, 0) is 56.2 Å². The van der Waals surface area contributed by atoms with E-state index in [1.165, 1.54) is 5.56 Å². The molecule has 0 unspecified atom stereocenters. The van der Waals surface area contributed by atoms with Gasteiger partial charge in [0.05, 0.1) is 13.1 Å². The Balaban J connectivity index is 1.69. The molecule has 1 aromatic carbocycles. The number of hydrogen-bond acceptors (Lipinski definition) is 3. The zero-order chi connectivity index (χ0) is 22.2. The molecular formula is C26H36N2O3. The van der Waals surface area contributed by atoms with Crippen molar-refractivity contribution >= 4 is 11.8 Å². The highest BCUT2D eigenvalue weighted by Gasteiger charge is 2.31. The lowest BCUT2D eigenvalue weighted by Gasteiger charge is -2.33. The summed E-state index contributed by atoms with van der Waals surface area (Å²) in [7, 11) is 0. The summed E-state index contributed by atoms with van der Waals surface area (Å²) in [4.78, 5) is 30.0. The van der Waals surface area contributed by atoms with Crippen molar-refractivity contribution in [2.45, 2.75) is 59.4 Å². The van der Waals surface area contributed by atoms with Gasteiger partial charge in [0.15, 0.2) is 0 Å². The van der Waals surface area contributed by atoms with Crippen LogP contribution in [0.25, 0.3) is 0 Å². The standard InChI is InChI=1S/C26H36N2O3/c1-20(2)14-16-28(26(30)23-10-7-11-23)19-25(29)27(18-24-13-12-21(3)31-24)17-15-22-8-5-4-6-9-22/h4-6,8-9,12-13,20,23H,7,10-11,14-19H2,1-3H3. The molecule has 1 heterocycles. The fourth-order valence-electron chi connectivity index (χ4n) is 3.82. The number of carbonyl (C=O) groups excluding carboxylic acids is 2. The largest absolute Gasteiger partial charge is 0.464 e. The van der Waals surface area contributed by atoms with Crippen molar-refractivity contribution in [3.05, 3.63) is 59.5 Å². The van der Waals surface area contributed by atoms with Crippen molar-refractivity contribution in [1.82, 2.24) is 9.80 Å². The van der Waals surface area contributed by atoms with Gasteiger partial charge in [-0.2, -0.15) is 0 Å². The van der Waals surface area contributed by atoms with E-state index in [9.17, 15) is 9.59 Å². The number of carbonyl (C=O) groups is 2. The molecule has 0 N–H and O–H groups in total. The monoisotopic (exact) mass is 424 g/mol. The summed E-state index contributed by atoms with van der Waals surface area (Å²) < 4.78 is 5.74. The van der Waals surface area contributed by atoms with E-state index in [-0.39, 0.29) is 24.3 Å². The average molecular weight is 425 g/mol. The van der Waals surface area contributed by atoms with Crippen LogP contribution in [0.15, 0.2) is 46.9 Å².